The van der Waals surface area contributed by atoms with Crippen LogP contribution in [0.5, 0.6) is 0 Å². The third-order valence-electron chi connectivity index (χ3n) is 3.76. The first-order chi connectivity index (χ1) is 12.0. The second-order valence-electron chi connectivity index (χ2n) is 5.63. The van der Waals surface area contributed by atoms with Gasteiger partial charge in [-0.3, -0.25) is 9.59 Å². The monoisotopic (exact) mass is 345 g/mol. The molecule has 0 bridgehead atoms. The van der Waals surface area contributed by atoms with Gasteiger partial charge in [0.05, 0.1) is 12.5 Å². The van der Waals surface area contributed by atoms with E-state index in [1.54, 1.807) is 6.92 Å². The van der Waals surface area contributed by atoms with Crippen LogP contribution in [-0.2, 0) is 20.9 Å². The highest BCUT2D eigenvalue weighted by atomic mass is 19.1. The first kappa shape index (κ1) is 18.6. The summed E-state index contributed by atoms with van der Waals surface area (Å²) in [6, 6.07) is 14.6. The Morgan fingerprint density at radius 3 is 2.36 bits per heavy atom. The number of halogens is 1. The molecule has 0 aliphatic heterocycles. The topological polar surface area (TPSA) is 75.6 Å². The summed E-state index contributed by atoms with van der Waals surface area (Å²) in [5.74, 6) is -2.89. The van der Waals surface area contributed by atoms with E-state index in [-0.39, 0.29) is 13.2 Å². The normalized spacial score (nSPS) is 13.0. The average molecular weight is 345 g/mol. The molecule has 6 heteroatoms. The minimum atomic E-state index is -1.09. The maximum atomic E-state index is 13.0. The molecule has 0 aromatic heterocycles. The lowest BCUT2D eigenvalue weighted by Crippen LogP contribution is -2.38. The fourth-order valence-electron chi connectivity index (χ4n) is 2.26. The molecule has 0 heterocycles. The van der Waals surface area contributed by atoms with Gasteiger partial charge in [0.25, 0.3) is 0 Å². The third kappa shape index (κ3) is 5.69. The van der Waals surface area contributed by atoms with Gasteiger partial charge in [-0.1, -0.05) is 42.5 Å². The number of carboxylic acids is 1. The van der Waals surface area contributed by atoms with E-state index in [2.05, 4.69) is 5.32 Å². The molecule has 0 saturated heterocycles. The lowest BCUT2D eigenvalue weighted by atomic mass is 9.99. The summed E-state index contributed by atoms with van der Waals surface area (Å²) in [6.07, 6.45) is -0.720. The van der Waals surface area contributed by atoms with Crippen molar-refractivity contribution in [1.82, 2.24) is 5.32 Å². The Balaban J connectivity index is 1.87. The Hall–Kier alpha value is -2.73. The van der Waals surface area contributed by atoms with Gasteiger partial charge < -0.3 is 15.2 Å². The van der Waals surface area contributed by atoms with Gasteiger partial charge in [-0.05, 0) is 30.2 Å². The minimum Gasteiger partial charge on any atom is -0.481 e. The molecule has 2 rings (SSSR count). The number of hydrogen-bond acceptors (Lipinski definition) is 3. The van der Waals surface area contributed by atoms with Crippen molar-refractivity contribution in [3.05, 3.63) is 71.5 Å². The first-order valence-corrected chi connectivity index (χ1v) is 7.89. The van der Waals surface area contributed by atoms with Gasteiger partial charge >= 0.3 is 5.97 Å². The molecule has 132 valence electrons. The van der Waals surface area contributed by atoms with Gasteiger partial charge in [0, 0.05) is 6.54 Å². The average Bonchev–Trinajstić information content (AvgIpc) is 2.61. The van der Waals surface area contributed by atoms with Crippen LogP contribution in [0.2, 0.25) is 0 Å². The highest BCUT2D eigenvalue weighted by Gasteiger charge is 2.22. The van der Waals surface area contributed by atoms with Crippen LogP contribution < -0.4 is 5.32 Å². The van der Waals surface area contributed by atoms with Crippen molar-refractivity contribution in [1.29, 1.82) is 0 Å². The van der Waals surface area contributed by atoms with Crippen LogP contribution in [0, 0.1) is 5.82 Å². The summed E-state index contributed by atoms with van der Waals surface area (Å²) in [6.45, 7) is 1.79. The maximum absolute atomic E-state index is 13.0. The van der Waals surface area contributed by atoms with Crippen molar-refractivity contribution in [2.45, 2.75) is 25.6 Å². The van der Waals surface area contributed by atoms with Gasteiger partial charge in [-0.25, -0.2) is 4.39 Å². The van der Waals surface area contributed by atoms with Crippen molar-refractivity contribution >= 4 is 11.9 Å². The molecular weight excluding hydrogens is 325 g/mol. The molecule has 2 N–H and O–H groups in total. The summed E-state index contributed by atoms with van der Waals surface area (Å²) in [5.41, 5.74) is 1.36. The Kier molecular flexibility index (Phi) is 6.65. The molecule has 0 aliphatic carbocycles. The number of carbonyl (C=O) groups is 2. The van der Waals surface area contributed by atoms with Crippen molar-refractivity contribution in [2.75, 3.05) is 6.54 Å². The Bertz CT molecular complexity index is 703. The van der Waals surface area contributed by atoms with Crippen molar-refractivity contribution in [2.24, 2.45) is 0 Å². The second kappa shape index (κ2) is 8.94. The summed E-state index contributed by atoms with van der Waals surface area (Å²) < 4.78 is 18.5. The van der Waals surface area contributed by atoms with Gasteiger partial charge in [0.15, 0.2) is 0 Å². The molecule has 2 aromatic carbocycles. The van der Waals surface area contributed by atoms with Crippen LogP contribution in [0.25, 0.3) is 0 Å². The van der Waals surface area contributed by atoms with E-state index >= 15 is 0 Å². The molecule has 2 atom stereocenters. The second-order valence-corrected chi connectivity index (χ2v) is 5.63. The third-order valence-corrected chi connectivity index (χ3v) is 3.76. The Morgan fingerprint density at radius 2 is 1.76 bits per heavy atom. The van der Waals surface area contributed by atoms with E-state index in [9.17, 15) is 19.1 Å². The largest absolute Gasteiger partial charge is 0.481 e. The molecule has 25 heavy (non-hydrogen) atoms. The van der Waals surface area contributed by atoms with Crippen molar-refractivity contribution < 1.29 is 23.8 Å². The smallest absolute Gasteiger partial charge is 0.312 e. The fourth-order valence-corrected chi connectivity index (χ4v) is 2.26. The summed E-state index contributed by atoms with van der Waals surface area (Å²) >= 11 is 0. The number of carboxylic acid groups (broad SMARTS) is 1. The highest BCUT2D eigenvalue weighted by molar-refractivity contribution is 5.82. The van der Waals surface area contributed by atoms with Crippen molar-refractivity contribution in [3.63, 3.8) is 0 Å². The molecule has 0 radical (unpaired) electrons. The number of amides is 1. The van der Waals surface area contributed by atoms with Crippen LogP contribution in [0.4, 0.5) is 4.39 Å². The van der Waals surface area contributed by atoms with E-state index in [1.807, 2.05) is 30.3 Å². The lowest BCUT2D eigenvalue weighted by molar-refractivity contribution is -0.139. The van der Waals surface area contributed by atoms with Gasteiger partial charge in [-0.15, -0.1) is 0 Å². The van der Waals surface area contributed by atoms with E-state index in [0.29, 0.717) is 5.56 Å². The fraction of sp³-hybridized carbons (Fsp3) is 0.263. The first-order valence-electron chi connectivity index (χ1n) is 7.89. The predicted octanol–water partition coefficient (Wildman–Crippen LogP) is 2.72. The predicted molar refractivity (Wildman–Crippen MR) is 90.5 cm³/mol. The maximum Gasteiger partial charge on any atom is 0.312 e. The number of ether oxygens (including phenoxy) is 1. The molecule has 0 aliphatic rings. The van der Waals surface area contributed by atoms with Crippen LogP contribution in [0.15, 0.2) is 54.6 Å². The molecule has 0 saturated carbocycles. The van der Waals surface area contributed by atoms with Crippen LogP contribution in [0.1, 0.15) is 24.0 Å². The zero-order chi connectivity index (χ0) is 18.2. The molecular formula is C19H20FNO4. The molecule has 0 spiro atoms. The zero-order valence-electron chi connectivity index (χ0n) is 13.8. The zero-order valence-corrected chi connectivity index (χ0v) is 13.8. The van der Waals surface area contributed by atoms with Gasteiger partial charge in [0.1, 0.15) is 11.9 Å². The number of benzene rings is 2. The summed E-state index contributed by atoms with van der Waals surface area (Å²) in [5, 5.41) is 11.9. The highest BCUT2D eigenvalue weighted by Crippen LogP contribution is 2.16. The number of aliphatic carboxylic acids is 1. The molecule has 0 fully saturated rings. The molecule has 5 nitrogen and oxygen atoms in total. The molecule has 1 amide bonds. The number of nitrogens with one attached hydrogen (secondary N) is 1. The summed E-state index contributed by atoms with van der Waals surface area (Å²) in [4.78, 5) is 23.5. The Labute approximate surface area is 145 Å². The number of carbonyl (C=O) groups excluding carboxylic acids is 1. The lowest BCUT2D eigenvalue weighted by Gasteiger charge is -2.17. The number of rotatable bonds is 8. The van der Waals surface area contributed by atoms with Crippen LogP contribution in [0.3, 0.4) is 0 Å². The number of hydrogen-bond donors (Lipinski definition) is 2. The quantitative estimate of drug-likeness (QED) is 0.771. The minimum absolute atomic E-state index is 0.0984. The van der Waals surface area contributed by atoms with Crippen LogP contribution >= 0.6 is 0 Å². The molecule has 2 unspecified atom stereocenters. The van der Waals surface area contributed by atoms with Gasteiger partial charge in [0.2, 0.25) is 5.91 Å². The summed E-state index contributed by atoms with van der Waals surface area (Å²) in [7, 11) is 0. The standard InChI is InChI=1S/C19H20FNO4/c1-13(25-12-14-5-3-2-4-6-14)18(22)21-11-17(19(23)24)15-7-9-16(20)10-8-15/h2-10,13,17H,11-12H2,1H3,(H,21,22)(H,23,24). The van der Waals surface area contributed by atoms with E-state index in [1.165, 1.54) is 24.3 Å². The van der Waals surface area contributed by atoms with Gasteiger partial charge in [-0.2, -0.15) is 0 Å². The molecule has 2 aromatic rings. The van der Waals surface area contributed by atoms with E-state index < -0.39 is 29.7 Å². The van der Waals surface area contributed by atoms with E-state index in [0.717, 1.165) is 5.56 Å². The van der Waals surface area contributed by atoms with Crippen molar-refractivity contribution in [3.8, 4) is 0 Å². The SMILES string of the molecule is CC(OCc1ccccc1)C(=O)NCC(C(=O)O)c1ccc(F)cc1. The van der Waals surface area contributed by atoms with E-state index in [4.69, 9.17) is 4.74 Å². The van der Waals surface area contributed by atoms with Crippen LogP contribution in [-0.4, -0.2) is 29.6 Å². The Morgan fingerprint density at radius 1 is 1.12 bits per heavy atom.